The van der Waals surface area contributed by atoms with Crippen molar-refractivity contribution in [1.29, 1.82) is 0 Å². The van der Waals surface area contributed by atoms with Crippen LogP contribution < -0.4 is 10.1 Å². The SMILES string of the molecule is CC[C@H](CO)NCc1sccc1OC. The number of ether oxygens (including phenoxy) is 1. The second-order valence-corrected chi connectivity index (χ2v) is 4.08. The zero-order valence-corrected chi connectivity index (χ0v) is 9.43. The number of aliphatic hydroxyl groups is 1. The Kier molecular flexibility index (Phi) is 4.93. The minimum absolute atomic E-state index is 0.182. The van der Waals surface area contributed by atoms with E-state index in [1.54, 1.807) is 18.4 Å². The Bertz CT molecular complexity index is 258. The second kappa shape index (κ2) is 6.01. The van der Waals surface area contributed by atoms with E-state index in [0.29, 0.717) is 0 Å². The predicted octanol–water partition coefficient (Wildman–Crippen LogP) is 1.62. The van der Waals surface area contributed by atoms with Crippen molar-refractivity contribution in [2.45, 2.75) is 25.9 Å². The third kappa shape index (κ3) is 2.97. The topological polar surface area (TPSA) is 41.5 Å². The molecule has 1 rings (SSSR count). The summed E-state index contributed by atoms with van der Waals surface area (Å²) in [6.45, 7) is 3.00. The number of rotatable bonds is 6. The lowest BCUT2D eigenvalue weighted by atomic mass is 10.2. The summed E-state index contributed by atoms with van der Waals surface area (Å²) in [5.74, 6) is 0.926. The van der Waals surface area contributed by atoms with Crippen LogP contribution in [0.5, 0.6) is 5.75 Å². The number of hydrogen-bond donors (Lipinski definition) is 2. The van der Waals surface area contributed by atoms with Crippen molar-refractivity contribution in [3.63, 3.8) is 0 Å². The summed E-state index contributed by atoms with van der Waals surface area (Å²) >= 11 is 1.67. The highest BCUT2D eigenvalue weighted by Gasteiger charge is 2.07. The van der Waals surface area contributed by atoms with Crippen molar-refractivity contribution in [1.82, 2.24) is 5.32 Å². The number of nitrogens with one attached hydrogen (secondary N) is 1. The Labute approximate surface area is 88.7 Å². The van der Waals surface area contributed by atoms with Crippen molar-refractivity contribution >= 4 is 11.3 Å². The molecular weight excluding hydrogens is 198 g/mol. The molecule has 0 unspecified atom stereocenters. The zero-order valence-electron chi connectivity index (χ0n) is 8.62. The van der Waals surface area contributed by atoms with Crippen LogP contribution >= 0.6 is 11.3 Å². The van der Waals surface area contributed by atoms with Gasteiger partial charge in [0.2, 0.25) is 0 Å². The summed E-state index contributed by atoms with van der Waals surface area (Å²) in [6, 6.07) is 2.14. The van der Waals surface area contributed by atoms with Crippen molar-refractivity contribution in [3.8, 4) is 5.75 Å². The Morgan fingerprint density at radius 3 is 3.00 bits per heavy atom. The van der Waals surface area contributed by atoms with E-state index in [1.807, 2.05) is 11.4 Å². The van der Waals surface area contributed by atoms with Crippen LogP contribution in [0, 0.1) is 0 Å². The summed E-state index contributed by atoms with van der Waals surface area (Å²) in [7, 11) is 1.68. The molecule has 1 aromatic rings. The molecule has 0 aliphatic carbocycles. The molecule has 80 valence electrons. The highest BCUT2D eigenvalue weighted by Crippen LogP contribution is 2.24. The number of hydrogen-bond acceptors (Lipinski definition) is 4. The van der Waals surface area contributed by atoms with Gasteiger partial charge in [0.15, 0.2) is 0 Å². The van der Waals surface area contributed by atoms with Crippen LogP contribution in [0.2, 0.25) is 0 Å². The zero-order chi connectivity index (χ0) is 10.4. The lowest BCUT2D eigenvalue weighted by Crippen LogP contribution is -2.30. The van der Waals surface area contributed by atoms with Crippen LogP contribution in [-0.4, -0.2) is 24.9 Å². The summed E-state index contributed by atoms with van der Waals surface area (Å²) < 4.78 is 5.19. The first-order valence-electron chi connectivity index (χ1n) is 4.76. The van der Waals surface area contributed by atoms with Gasteiger partial charge in [-0.25, -0.2) is 0 Å². The summed E-state index contributed by atoms with van der Waals surface area (Å²) in [5.41, 5.74) is 0. The van der Waals surface area contributed by atoms with Gasteiger partial charge in [-0.1, -0.05) is 6.92 Å². The highest BCUT2D eigenvalue weighted by molar-refractivity contribution is 7.10. The molecule has 1 aromatic heterocycles. The Morgan fingerprint density at radius 1 is 1.64 bits per heavy atom. The van der Waals surface area contributed by atoms with Gasteiger partial charge < -0.3 is 15.2 Å². The number of aliphatic hydroxyl groups excluding tert-OH is 1. The minimum Gasteiger partial charge on any atom is -0.496 e. The van der Waals surface area contributed by atoms with Crippen molar-refractivity contribution in [2.24, 2.45) is 0 Å². The van der Waals surface area contributed by atoms with Gasteiger partial charge in [0, 0.05) is 12.6 Å². The lowest BCUT2D eigenvalue weighted by molar-refractivity contribution is 0.238. The van der Waals surface area contributed by atoms with Gasteiger partial charge in [-0.2, -0.15) is 0 Å². The van der Waals surface area contributed by atoms with Gasteiger partial charge in [0.25, 0.3) is 0 Å². The van der Waals surface area contributed by atoms with Crippen molar-refractivity contribution < 1.29 is 9.84 Å². The van der Waals surface area contributed by atoms with Gasteiger partial charge in [-0.3, -0.25) is 0 Å². The van der Waals surface area contributed by atoms with E-state index >= 15 is 0 Å². The van der Waals surface area contributed by atoms with Gasteiger partial charge in [-0.05, 0) is 17.9 Å². The molecule has 0 saturated heterocycles. The average molecular weight is 215 g/mol. The minimum atomic E-state index is 0.182. The van der Waals surface area contributed by atoms with E-state index in [1.165, 1.54) is 4.88 Å². The quantitative estimate of drug-likeness (QED) is 0.757. The average Bonchev–Trinajstić information content (AvgIpc) is 2.67. The highest BCUT2D eigenvalue weighted by atomic mass is 32.1. The molecule has 0 radical (unpaired) electrons. The smallest absolute Gasteiger partial charge is 0.134 e. The third-order valence-corrected chi connectivity index (χ3v) is 3.09. The molecule has 0 fully saturated rings. The standard InChI is InChI=1S/C10H17NO2S/c1-3-8(7-12)11-6-10-9(13-2)4-5-14-10/h4-5,8,11-12H,3,6-7H2,1-2H3/t8-/m1/s1. The Hall–Kier alpha value is -0.580. The van der Waals surface area contributed by atoms with Crippen LogP contribution in [0.15, 0.2) is 11.4 Å². The molecule has 2 N–H and O–H groups in total. The maximum absolute atomic E-state index is 8.99. The molecule has 1 heterocycles. The van der Waals surface area contributed by atoms with Crippen molar-refractivity contribution in [3.05, 3.63) is 16.3 Å². The predicted molar refractivity (Wildman–Crippen MR) is 58.9 cm³/mol. The van der Waals surface area contributed by atoms with Gasteiger partial charge >= 0.3 is 0 Å². The Morgan fingerprint density at radius 2 is 2.43 bits per heavy atom. The van der Waals surface area contributed by atoms with E-state index in [4.69, 9.17) is 9.84 Å². The fraction of sp³-hybridized carbons (Fsp3) is 0.600. The van der Waals surface area contributed by atoms with Crippen LogP contribution in [0.4, 0.5) is 0 Å². The summed E-state index contributed by atoms with van der Waals surface area (Å²) in [4.78, 5) is 1.18. The molecule has 0 saturated carbocycles. The molecule has 0 spiro atoms. The van der Waals surface area contributed by atoms with Gasteiger partial charge in [-0.15, -0.1) is 11.3 Å². The second-order valence-electron chi connectivity index (χ2n) is 3.08. The first-order valence-corrected chi connectivity index (χ1v) is 5.64. The molecular formula is C10H17NO2S. The van der Waals surface area contributed by atoms with Crippen LogP contribution in [0.1, 0.15) is 18.2 Å². The van der Waals surface area contributed by atoms with E-state index in [9.17, 15) is 0 Å². The molecule has 0 aromatic carbocycles. The van der Waals surface area contributed by atoms with E-state index in [-0.39, 0.29) is 12.6 Å². The molecule has 0 bridgehead atoms. The third-order valence-electron chi connectivity index (χ3n) is 2.19. The fourth-order valence-electron chi connectivity index (χ4n) is 1.21. The van der Waals surface area contributed by atoms with Crippen LogP contribution in [0.25, 0.3) is 0 Å². The molecule has 4 heteroatoms. The fourth-order valence-corrected chi connectivity index (χ4v) is 2.00. The van der Waals surface area contributed by atoms with Crippen molar-refractivity contribution in [2.75, 3.05) is 13.7 Å². The normalized spacial score (nSPS) is 12.8. The van der Waals surface area contributed by atoms with E-state index in [0.717, 1.165) is 18.7 Å². The first-order chi connectivity index (χ1) is 6.81. The summed E-state index contributed by atoms with van der Waals surface area (Å²) in [6.07, 6.45) is 0.935. The maximum Gasteiger partial charge on any atom is 0.134 e. The van der Waals surface area contributed by atoms with Crippen LogP contribution in [0.3, 0.4) is 0 Å². The number of thiophene rings is 1. The van der Waals surface area contributed by atoms with Gasteiger partial charge in [0.05, 0.1) is 18.6 Å². The lowest BCUT2D eigenvalue weighted by Gasteiger charge is -2.13. The monoisotopic (exact) mass is 215 g/mol. The molecule has 14 heavy (non-hydrogen) atoms. The molecule has 1 atom stereocenters. The molecule has 0 aliphatic heterocycles. The number of methoxy groups -OCH3 is 1. The molecule has 0 aliphatic rings. The molecule has 3 nitrogen and oxygen atoms in total. The molecule has 0 amide bonds. The Balaban J connectivity index is 2.44. The van der Waals surface area contributed by atoms with E-state index in [2.05, 4.69) is 12.2 Å². The summed E-state index contributed by atoms with van der Waals surface area (Å²) in [5, 5.41) is 14.3. The maximum atomic E-state index is 8.99. The largest absolute Gasteiger partial charge is 0.496 e. The van der Waals surface area contributed by atoms with E-state index < -0.39 is 0 Å². The van der Waals surface area contributed by atoms with Gasteiger partial charge in [0.1, 0.15) is 5.75 Å². The first kappa shape index (κ1) is 11.5. The van der Waals surface area contributed by atoms with Crippen LogP contribution in [-0.2, 0) is 6.54 Å².